The van der Waals surface area contributed by atoms with Crippen molar-refractivity contribution in [1.29, 1.82) is 0 Å². The zero-order valence-electron chi connectivity index (χ0n) is 16.6. The van der Waals surface area contributed by atoms with Crippen molar-refractivity contribution in [3.8, 4) is 0 Å². The highest BCUT2D eigenvalue weighted by molar-refractivity contribution is 5.09. The van der Waals surface area contributed by atoms with Crippen molar-refractivity contribution in [2.75, 3.05) is 6.61 Å². The first kappa shape index (κ1) is 24.3. The molecule has 0 aliphatic rings. The lowest BCUT2D eigenvalue weighted by atomic mass is 10.00. The number of hydrogen-bond acceptors (Lipinski definition) is 4. The van der Waals surface area contributed by atoms with E-state index < -0.39 is 6.10 Å². The van der Waals surface area contributed by atoms with Gasteiger partial charge in [0.15, 0.2) is 0 Å². The molecule has 0 saturated heterocycles. The average Bonchev–Trinajstić information content (AvgIpc) is 2.60. The van der Waals surface area contributed by atoms with Gasteiger partial charge in [0.1, 0.15) is 0 Å². The van der Waals surface area contributed by atoms with Crippen LogP contribution in [0.5, 0.6) is 0 Å². The van der Waals surface area contributed by atoms with Gasteiger partial charge in [-0.1, -0.05) is 90.4 Å². The molecular weight excluding hydrogens is 312 g/mol. The molecule has 150 valence electrons. The molecule has 0 aromatic heterocycles. The third-order valence-corrected chi connectivity index (χ3v) is 4.93. The van der Waals surface area contributed by atoms with E-state index in [-0.39, 0.29) is 6.61 Å². The molecule has 0 rings (SSSR count). The smallest absolute Gasteiger partial charge is 0.0926 e. The molecule has 0 heterocycles. The van der Waals surface area contributed by atoms with Gasteiger partial charge in [0, 0.05) is 6.42 Å². The molecule has 0 aliphatic heterocycles. The number of rotatable bonds is 18. The lowest BCUT2D eigenvalue weighted by Gasteiger charge is -2.12. The fraction of sp³-hybridized carbons (Fsp3) is 0.905. The largest absolute Gasteiger partial charge is 0.394 e. The summed E-state index contributed by atoms with van der Waals surface area (Å²) < 4.78 is 0. The standard InChI is InChI=1S/C21H44N2O2/c1-2-3-4-5-6-7-8-9-10-11-12-13-14-15-16-19(21(22)23)17-20(25)18-24/h20,24-25H,2-18,22-23H2,1H3. The Hall–Kier alpha value is -0.740. The van der Waals surface area contributed by atoms with Gasteiger partial charge in [0.25, 0.3) is 0 Å². The van der Waals surface area contributed by atoms with Crippen molar-refractivity contribution in [2.45, 2.75) is 116 Å². The highest BCUT2D eigenvalue weighted by atomic mass is 16.3. The third kappa shape index (κ3) is 16.5. The van der Waals surface area contributed by atoms with Crippen LogP contribution in [0, 0.1) is 0 Å². The summed E-state index contributed by atoms with van der Waals surface area (Å²) in [4.78, 5) is 0. The first-order chi connectivity index (χ1) is 12.1. The summed E-state index contributed by atoms with van der Waals surface area (Å²) >= 11 is 0. The minimum Gasteiger partial charge on any atom is -0.394 e. The minimum absolute atomic E-state index is 0.241. The van der Waals surface area contributed by atoms with E-state index in [4.69, 9.17) is 16.6 Å². The second-order valence-electron chi connectivity index (χ2n) is 7.45. The minimum atomic E-state index is -0.747. The van der Waals surface area contributed by atoms with Crippen LogP contribution in [0.25, 0.3) is 0 Å². The molecule has 0 aromatic carbocycles. The van der Waals surface area contributed by atoms with Crippen LogP contribution in [0.4, 0.5) is 0 Å². The van der Waals surface area contributed by atoms with E-state index in [9.17, 15) is 5.11 Å². The number of aliphatic hydroxyl groups is 2. The summed E-state index contributed by atoms with van der Waals surface area (Å²) in [7, 11) is 0. The monoisotopic (exact) mass is 356 g/mol. The third-order valence-electron chi connectivity index (χ3n) is 4.93. The molecule has 1 unspecified atom stereocenters. The molecule has 1 atom stereocenters. The molecule has 0 radical (unpaired) electrons. The Kier molecular flexibility index (Phi) is 17.5. The maximum absolute atomic E-state index is 9.50. The van der Waals surface area contributed by atoms with E-state index in [1.807, 2.05) is 0 Å². The van der Waals surface area contributed by atoms with Gasteiger partial charge in [0.05, 0.1) is 18.5 Å². The van der Waals surface area contributed by atoms with Crippen LogP contribution in [0.2, 0.25) is 0 Å². The van der Waals surface area contributed by atoms with E-state index in [0.29, 0.717) is 12.2 Å². The molecule has 0 bridgehead atoms. The first-order valence-corrected chi connectivity index (χ1v) is 10.6. The Balaban J connectivity index is 3.39. The first-order valence-electron chi connectivity index (χ1n) is 10.6. The molecular formula is C21H44N2O2. The van der Waals surface area contributed by atoms with E-state index in [2.05, 4.69) is 6.92 Å². The van der Waals surface area contributed by atoms with Crippen LogP contribution in [-0.2, 0) is 0 Å². The molecule has 4 heteroatoms. The normalized spacial score (nSPS) is 12.3. The lowest BCUT2D eigenvalue weighted by molar-refractivity contribution is 0.0945. The van der Waals surface area contributed by atoms with Gasteiger partial charge in [-0.25, -0.2) is 0 Å². The topological polar surface area (TPSA) is 92.5 Å². The Bertz CT molecular complexity index is 315. The summed E-state index contributed by atoms with van der Waals surface area (Å²) in [5.74, 6) is 0.308. The molecule has 0 amide bonds. The van der Waals surface area contributed by atoms with Crippen molar-refractivity contribution in [1.82, 2.24) is 0 Å². The Morgan fingerprint density at radius 3 is 1.48 bits per heavy atom. The van der Waals surface area contributed by atoms with E-state index in [1.54, 1.807) is 0 Å². The van der Waals surface area contributed by atoms with Gasteiger partial charge in [-0.2, -0.15) is 0 Å². The molecule has 6 N–H and O–H groups in total. The zero-order chi connectivity index (χ0) is 18.8. The molecule has 0 saturated carbocycles. The van der Waals surface area contributed by atoms with Crippen molar-refractivity contribution < 1.29 is 10.2 Å². The summed E-state index contributed by atoms with van der Waals surface area (Å²) in [5, 5.41) is 18.4. The number of nitrogens with two attached hydrogens (primary N) is 2. The van der Waals surface area contributed by atoms with Crippen LogP contribution in [-0.4, -0.2) is 22.9 Å². The SMILES string of the molecule is CCCCCCCCCCCCCCCCC(CC(O)CO)=C(N)N. The van der Waals surface area contributed by atoms with Crippen LogP contribution >= 0.6 is 0 Å². The van der Waals surface area contributed by atoms with Gasteiger partial charge >= 0.3 is 0 Å². The second kappa shape index (κ2) is 18.1. The summed E-state index contributed by atoms with van der Waals surface area (Å²) in [6.45, 7) is 2.03. The summed E-state index contributed by atoms with van der Waals surface area (Å²) in [5.41, 5.74) is 12.2. The van der Waals surface area contributed by atoms with Crippen molar-refractivity contribution in [2.24, 2.45) is 11.5 Å². The molecule has 25 heavy (non-hydrogen) atoms. The fourth-order valence-electron chi connectivity index (χ4n) is 3.25. The van der Waals surface area contributed by atoms with Crippen molar-refractivity contribution in [3.05, 3.63) is 11.4 Å². The lowest BCUT2D eigenvalue weighted by Crippen LogP contribution is -2.18. The van der Waals surface area contributed by atoms with Gasteiger partial charge in [-0.05, 0) is 18.4 Å². The predicted molar refractivity (Wildman–Crippen MR) is 108 cm³/mol. The Labute approximate surface area is 156 Å². The van der Waals surface area contributed by atoms with Gasteiger partial charge < -0.3 is 21.7 Å². The van der Waals surface area contributed by atoms with Gasteiger partial charge in [0.2, 0.25) is 0 Å². The molecule has 0 aromatic rings. The van der Waals surface area contributed by atoms with Crippen LogP contribution in [0.1, 0.15) is 110 Å². The van der Waals surface area contributed by atoms with Crippen molar-refractivity contribution in [3.63, 3.8) is 0 Å². The van der Waals surface area contributed by atoms with Crippen molar-refractivity contribution >= 4 is 0 Å². The molecule has 0 fully saturated rings. The van der Waals surface area contributed by atoms with Crippen LogP contribution < -0.4 is 11.5 Å². The van der Waals surface area contributed by atoms with E-state index in [0.717, 1.165) is 18.4 Å². The van der Waals surface area contributed by atoms with Crippen LogP contribution in [0.3, 0.4) is 0 Å². The number of hydrogen-bond donors (Lipinski definition) is 4. The fourth-order valence-corrected chi connectivity index (χ4v) is 3.25. The van der Waals surface area contributed by atoms with Crippen LogP contribution in [0.15, 0.2) is 11.4 Å². The maximum Gasteiger partial charge on any atom is 0.0926 e. The predicted octanol–water partition coefficient (Wildman–Crippen LogP) is 4.73. The van der Waals surface area contributed by atoms with E-state index >= 15 is 0 Å². The zero-order valence-corrected chi connectivity index (χ0v) is 16.6. The number of aliphatic hydroxyl groups excluding tert-OH is 2. The molecule has 4 nitrogen and oxygen atoms in total. The molecule has 0 aliphatic carbocycles. The van der Waals surface area contributed by atoms with Gasteiger partial charge in [-0.3, -0.25) is 0 Å². The highest BCUT2D eigenvalue weighted by Crippen LogP contribution is 2.17. The quantitative estimate of drug-likeness (QED) is 0.267. The number of unbranched alkanes of at least 4 members (excludes halogenated alkanes) is 13. The van der Waals surface area contributed by atoms with E-state index in [1.165, 1.54) is 83.5 Å². The maximum atomic E-state index is 9.50. The summed E-state index contributed by atoms with van der Waals surface area (Å²) in [6, 6.07) is 0. The Morgan fingerprint density at radius 2 is 1.12 bits per heavy atom. The second-order valence-corrected chi connectivity index (χ2v) is 7.45. The van der Waals surface area contributed by atoms with Gasteiger partial charge in [-0.15, -0.1) is 0 Å². The Morgan fingerprint density at radius 1 is 0.720 bits per heavy atom. The molecule has 0 spiro atoms. The summed E-state index contributed by atoms with van der Waals surface area (Å²) in [6.07, 6.45) is 19.2. The average molecular weight is 357 g/mol. The highest BCUT2D eigenvalue weighted by Gasteiger charge is 2.08.